The normalized spacial score (nSPS) is 10.6. The number of nitrogens with zero attached hydrogens (tertiary/aromatic N) is 1. The highest BCUT2D eigenvalue weighted by Gasteiger charge is 2.10. The largest absolute Gasteiger partial charge is 0.381 e. The summed E-state index contributed by atoms with van der Waals surface area (Å²) in [6.07, 6.45) is 2.49. The molecule has 0 spiro atoms. The van der Waals surface area contributed by atoms with Gasteiger partial charge in [-0.2, -0.15) is 0 Å². The van der Waals surface area contributed by atoms with Crippen molar-refractivity contribution < 1.29 is 9.53 Å². The molecule has 0 atom stereocenters. The molecule has 1 heterocycles. The molecule has 0 saturated heterocycles. The van der Waals surface area contributed by atoms with E-state index in [1.165, 1.54) is 0 Å². The van der Waals surface area contributed by atoms with Crippen LogP contribution in [0.15, 0.2) is 18.3 Å². The number of nitrogens with one attached hydrogen (secondary N) is 2. The van der Waals surface area contributed by atoms with Crippen molar-refractivity contribution in [1.82, 2.24) is 10.3 Å². The fourth-order valence-corrected chi connectivity index (χ4v) is 1.69. The second-order valence-corrected chi connectivity index (χ2v) is 5.01. The third-order valence-electron chi connectivity index (χ3n) is 2.60. The molecule has 0 saturated carbocycles. The highest BCUT2D eigenvalue weighted by molar-refractivity contribution is 5.98. The topological polar surface area (TPSA) is 63.2 Å². The van der Waals surface area contributed by atoms with Crippen molar-refractivity contribution in [2.24, 2.45) is 5.92 Å². The van der Waals surface area contributed by atoms with Crippen molar-refractivity contribution in [1.29, 1.82) is 0 Å². The summed E-state index contributed by atoms with van der Waals surface area (Å²) in [5, 5.41) is 5.97. The van der Waals surface area contributed by atoms with Crippen molar-refractivity contribution in [2.45, 2.75) is 27.2 Å². The second-order valence-electron chi connectivity index (χ2n) is 5.01. The summed E-state index contributed by atoms with van der Waals surface area (Å²) in [6, 6.07) is 3.54. The minimum Gasteiger partial charge on any atom is -0.381 e. The SMILES string of the molecule is CCNc1ncccc1C(=O)NCCCOCC(C)C. The molecule has 1 aromatic heterocycles. The van der Waals surface area contributed by atoms with Gasteiger partial charge in [0.05, 0.1) is 5.56 Å². The summed E-state index contributed by atoms with van der Waals surface area (Å²) in [4.78, 5) is 16.2. The Labute approximate surface area is 121 Å². The third-order valence-corrected chi connectivity index (χ3v) is 2.60. The number of rotatable bonds is 9. The van der Waals surface area contributed by atoms with Crippen LogP contribution in [0.25, 0.3) is 0 Å². The molecule has 1 aromatic rings. The number of hydrogen-bond acceptors (Lipinski definition) is 4. The van der Waals surface area contributed by atoms with E-state index in [-0.39, 0.29) is 5.91 Å². The minimum absolute atomic E-state index is 0.0992. The van der Waals surface area contributed by atoms with E-state index >= 15 is 0 Å². The van der Waals surface area contributed by atoms with Gasteiger partial charge >= 0.3 is 0 Å². The molecule has 5 nitrogen and oxygen atoms in total. The van der Waals surface area contributed by atoms with E-state index in [2.05, 4.69) is 29.5 Å². The molecule has 2 N–H and O–H groups in total. The van der Waals surface area contributed by atoms with Crippen LogP contribution in [-0.2, 0) is 4.74 Å². The van der Waals surface area contributed by atoms with E-state index in [0.717, 1.165) is 19.6 Å². The first kappa shape index (κ1) is 16.4. The number of carbonyl (C=O) groups excluding carboxylic acids is 1. The molecule has 0 radical (unpaired) electrons. The summed E-state index contributed by atoms with van der Waals surface area (Å²) >= 11 is 0. The van der Waals surface area contributed by atoms with Gasteiger partial charge in [-0.1, -0.05) is 13.8 Å². The first-order valence-electron chi connectivity index (χ1n) is 7.20. The van der Waals surface area contributed by atoms with Gasteiger partial charge < -0.3 is 15.4 Å². The van der Waals surface area contributed by atoms with Gasteiger partial charge in [0.2, 0.25) is 0 Å². The van der Waals surface area contributed by atoms with E-state index in [0.29, 0.717) is 30.5 Å². The molecule has 112 valence electrons. The van der Waals surface area contributed by atoms with E-state index in [1.807, 2.05) is 6.92 Å². The van der Waals surface area contributed by atoms with Crippen LogP contribution in [0.3, 0.4) is 0 Å². The van der Waals surface area contributed by atoms with Crippen LogP contribution in [0, 0.1) is 5.92 Å². The van der Waals surface area contributed by atoms with Gasteiger partial charge in [-0.15, -0.1) is 0 Å². The van der Waals surface area contributed by atoms with E-state index in [1.54, 1.807) is 18.3 Å². The molecule has 0 bridgehead atoms. The quantitative estimate of drug-likeness (QED) is 0.681. The summed E-state index contributed by atoms with van der Waals surface area (Å²) in [5.41, 5.74) is 0.581. The van der Waals surface area contributed by atoms with E-state index in [9.17, 15) is 4.79 Å². The number of aromatic nitrogens is 1. The lowest BCUT2D eigenvalue weighted by Crippen LogP contribution is -2.26. The van der Waals surface area contributed by atoms with Gasteiger partial charge in [0.25, 0.3) is 5.91 Å². The van der Waals surface area contributed by atoms with E-state index < -0.39 is 0 Å². The van der Waals surface area contributed by atoms with Gasteiger partial charge in [-0.25, -0.2) is 4.98 Å². The van der Waals surface area contributed by atoms with Crippen molar-refractivity contribution in [3.05, 3.63) is 23.9 Å². The maximum atomic E-state index is 12.0. The van der Waals surface area contributed by atoms with Crippen LogP contribution >= 0.6 is 0 Å². The number of carbonyl (C=O) groups is 1. The van der Waals surface area contributed by atoms with Gasteiger partial charge in [-0.05, 0) is 31.4 Å². The molecule has 5 heteroatoms. The Morgan fingerprint density at radius 2 is 2.25 bits per heavy atom. The lowest BCUT2D eigenvalue weighted by molar-refractivity contribution is 0.0925. The Bertz CT molecular complexity index is 408. The fraction of sp³-hybridized carbons (Fsp3) is 0.600. The summed E-state index contributed by atoms with van der Waals surface area (Å²) in [7, 11) is 0. The zero-order valence-electron chi connectivity index (χ0n) is 12.6. The molecule has 0 aromatic carbocycles. The van der Waals surface area contributed by atoms with Crippen molar-refractivity contribution in [3.8, 4) is 0 Å². The average Bonchev–Trinajstić information content (AvgIpc) is 2.43. The summed E-state index contributed by atoms with van der Waals surface area (Å²) < 4.78 is 5.47. The van der Waals surface area contributed by atoms with Crippen LogP contribution in [-0.4, -0.2) is 37.2 Å². The first-order chi connectivity index (χ1) is 9.65. The zero-order chi connectivity index (χ0) is 14.8. The first-order valence-corrected chi connectivity index (χ1v) is 7.20. The average molecular weight is 279 g/mol. The van der Waals surface area contributed by atoms with Gasteiger partial charge in [0.1, 0.15) is 5.82 Å². The van der Waals surface area contributed by atoms with Crippen LogP contribution < -0.4 is 10.6 Å². The summed E-state index contributed by atoms with van der Waals surface area (Å²) in [6.45, 7) is 8.99. The maximum absolute atomic E-state index is 12.0. The molecule has 0 aliphatic heterocycles. The molecule has 20 heavy (non-hydrogen) atoms. The fourth-order valence-electron chi connectivity index (χ4n) is 1.69. The van der Waals surface area contributed by atoms with Crippen LogP contribution in [0.5, 0.6) is 0 Å². The maximum Gasteiger partial charge on any atom is 0.255 e. The second kappa shape index (κ2) is 9.31. The summed E-state index contributed by atoms with van der Waals surface area (Å²) in [5.74, 6) is 1.07. The number of amides is 1. The molecular weight excluding hydrogens is 254 g/mol. The minimum atomic E-state index is -0.0992. The predicted octanol–water partition coefficient (Wildman–Crippen LogP) is 2.31. The van der Waals surface area contributed by atoms with Crippen molar-refractivity contribution >= 4 is 11.7 Å². The molecule has 0 unspecified atom stereocenters. The lowest BCUT2D eigenvalue weighted by Gasteiger charge is -2.10. The van der Waals surface area contributed by atoms with Crippen molar-refractivity contribution in [3.63, 3.8) is 0 Å². The molecule has 1 rings (SSSR count). The Morgan fingerprint density at radius 1 is 1.45 bits per heavy atom. The van der Waals surface area contributed by atoms with Gasteiger partial charge in [0.15, 0.2) is 0 Å². The standard InChI is InChI=1S/C15H25N3O2/c1-4-16-14-13(7-5-8-17-14)15(19)18-9-6-10-20-11-12(2)3/h5,7-8,12H,4,6,9-11H2,1-3H3,(H,16,17)(H,18,19). The van der Waals surface area contributed by atoms with Crippen LogP contribution in [0.4, 0.5) is 5.82 Å². The van der Waals surface area contributed by atoms with Crippen LogP contribution in [0.2, 0.25) is 0 Å². The van der Waals surface area contributed by atoms with Gasteiger partial charge in [-0.3, -0.25) is 4.79 Å². The highest BCUT2D eigenvalue weighted by Crippen LogP contribution is 2.10. The Hall–Kier alpha value is -1.62. The molecule has 0 aliphatic carbocycles. The monoisotopic (exact) mass is 279 g/mol. The molecule has 1 amide bonds. The molecule has 0 aliphatic rings. The Kier molecular flexibility index (Phi) is 7.65. The van der Waals surface area contributed by atoms with Crippen LogP contribution in [0.1, 0.15) is 37.6 Å². The van der Waals surface area contributed by atoms with E-state index in [4.69, 9.17) is 4.74 Å². The molecular formula is C15H25N3O2. The number of pyridine rings is 1. The van der Waals surface area contributed by atoms with Crippen molar-refractivity contribution in [2.75, 3.05) is 31.6 Å². The smallest absolute Gasteiger partial charge is 0.255 e. The number of ether oxygens (including phenoxy) is 1. The predicted molar refractivity (Wildman–Crippen MR) is 81.0 cm³/mol. The van der Waals surface area contributed by atoms with Gasteiger partial charge in [0, 0.05) is 32.5 Å². The highest BCUT2D eigenvalue weighted by atomic mass is 16.5. The Balaban J connectivity index is 2.32. The zero-order valence-corrected chi connectivity index (χ0v) is 12.6. The number of hydrogen-bond donors (Lipinski definition) is 2. The number of anilines is 1. The lowest BCUT2D eigenvalue weighted by atomic mass is 10.2. The third kappa shape index (κ3) is 6.02. The molecule has 0 fully saturated rings. The Morgan fingerprint density at radius 3 is 2.95 bits per heavy atom.